The van der Waals surface area contributed by atoms with Gasteiger partial charge in [-0.05, 0) is 18.2 Å². The molecule has 2 rings (SSSR count). The highest BCUT2D eigenvalue weighted by Gasteiger charge is 2.05. The van der Waals surface area contributed by atoms with Gasteiger partial charge in [0.05, 0.1) is 10.7 Å². The summed E-state index contributed by atoms with van der Waals surface area (Å²) in [4.78, 5) is 0. The summed E-state index contributed by atoms with van der Waals surface area (Å²) in [6.45, 7) is 0. The molecule has 0 fully saturated rings. The predicted octanol–water partition coefficient (Wildman–Crippen LogP) is 2.25. The van der Waals surface area contributed by atoms with Gasteiger partial charge < -0.3 is 5.73 Å². The van der Waals surface area contributed by atoms with E-state index in [0.29, 0.717) is 16.4 Å². The molecule has 1 aromatic carbocycles. The minimum Gasteiger partial charge on any atom is -0.399 e. The standard InChI is InChI=1S/C9H7ClFN3/c10-7-2-1-6(12)5-8(7)14-4-3-9(11)13-14/h1-5H,12H2. The maximum Gasteiger partial charge on any atom is 0.233 e. The maximum atomic E-state index is 12.6. The lowest BCUT2D eigenvalue weighted by molar-refractivity contribution is 0.566. The van der Waals surface area contributed by atoms with E-state index in [9.17, 15) is 4.39 Å². The van der Waals surface area contributed by atoms with Crippen LogP contribution in [-0.4, -0.2) is 9.78 Å². The fourth-order valence-corrected chi connectivity index (χ4v) is 1.35. The lowest BCUT2D eigenvalue weighted by Crippen LogP contribution is -1.97. The molecule has 1 heterocycles. The zero-order valence-electron chi connectivity index (χ0n) is 7.11. The molecule has 0 aliphatic heterocycles. The highest BCUT2D eigenvalue weighted by atomic mass is 35.5. The van der Waals surface area contributed by atoms with Gasteiger partial charge in [0, 0.05) is 18.0 Å². The lowest BCUT2D eigenvalue weighted by atomic mass is 10.3. The fourth-order valence-electron chi connectivity index (χ4n) is 1.14. The van der Waals surface area contributed by atoms with Gasteiger partial charge in [-0.3, -0.25) is 0 Å². The Labute approximate surface area is 84.9 Å². The van der Waals surface area contributed by atoms with Crippen molar-refractivity contribution >= 4 is 17.3 Å². The largest absolute Gasteiger partial charge is 0.399 e. The predicted molar refractivity (Wildman–Crippen MR) is 52.9 cm³/mol. The van der Waals surface area contributed by atoms with Gasteiger partial charge in [-0.1, -0.05) is 11.6 Å². The van der Waals surface area contributed by atoms with Gasteiger partial charge in [-0.2, -0.15) is 4.39 Å². The molecule has 0 amide bonds. The Morgan fingerprint density at radius 2 is 2.14 bits per heavy atom. The number of benzene rings is 1. The first-order chi connectivity index (χ1) is 6.66. The number of anilines is 1. The third kappa shape index (κ3) is 1.56. The Morgan fingerprint density at radius 3 is 2.79 bits per heavy atom. The molecule has 0 bridgehead atoms. The molecule has 0 unspecified atom stereocenters. The molecule has 1 aromatic heterocycles. The zero-order chi connectivity index (χ0) is 10.1. The van der Waals surface area contributed by atoms with Gasteiger partial charge in [-0.25, -0.2) is 4.68 Å². The second-order valence-electron chi connectivity index (χ2n) is 2.79. The van der Waals surface area contributed by atoms with Crippen LogP contribution >= 0.6 is 11.6 Å². The Balaban J connectivity index is 2.55. The maximum absolute atomic E-state index is 12.6. The second-order valence-corrected chi connectivity index (χ2v) is 3.20. The number of halogens is 2. The highest BCUT2D eigenvalue weighted by molar-refractivity contribution is 6.32. The number of hydrogen-bond donors (Lipinski definition) is 1. The molecule has 0 radical (unpaired) electrons. The van der Waals surface area contributed by atoms with Crippen molar-refractivity contribution in [3.63, 3.8) is 0 Å². The first-order valence-electron chi connectivity index (χ1n) is 3.93. The molecule has 14 heavy (non-hydrogen) atoms. The minimum atomic E-state index is -0.552. The molecule has 0 saturated heterocycles. The van der Waals surface area contributed by atoms with E-state index in [4.69, 9.17) is 17.3 Å². The zero-order valence-corrected chi connectivity index (χ0v) is 7.87. The van der Waals surface area contributed by atoms with E-state index in [1.54, 1.807) is 18.2 Å². The highest BCUT2D eigenvalue weighted by Crippen LogP contribution is 2.22. The topological polar surface area (TPSA) is 43.8 Å². The molecular formula is C9H7ClFN3. The van der Waals surface area contributed by atoms with E-state index in [-0.39, 0.29) is 0 Å². The quantitative estimate of drug-likeness (QED) is 0.736. The summed E-state index contributed by atoms with van der Waals surface area (Å²) in [5, 5.41) is 4.07. The summed E-state index contributed by atoms with van der Waals surface area (Å²) in [5.74, 6) is -0.552. The van der Waals surface area contributed by atoms with Gasteiger partial charge in [0.25, 0.3) is 0 Å². The number of rotatable bonds is 1. The van der Waals surface area contributed by atoms with Gasteiger partial charge in [-0.15, -0.1) is 5.10 Å². The summed E-state index contributed by atoms with van der Waals surface area (Å²) < 4.78 is 14.0. The van der Waals surface area contributed by atoms with Crippen LogP contribution in [0.15, 0.2) is 30.5 Å². The fraction of sp³-hybridized carbons (Fsp3) is 0. The van der Waals surface area contributed by atoms with Crippen LogP contribution in [0, 0.1) is 5.95 Å². The smallest absolute Gasteiger partial charge is 0.233 e. The molecule has 0 aliphatic rings. The summed E-state index contributed by atoms with van der Waals surface area (Å²) in [5.41, 5.74) is 6.70. The Bertz CT molecular complexity index is 467. The number of aromatic nitrogens is 2. The van der Waals surface area contributed by atoms with Crippen LogP contribution in [0.4, 0.5) is 10.1 Å². The van der Waals surface area contributed by atoms with Crippen LogP contribution in [0.1, 0.15) is 0 Å². The van der Waals surface area contributed by atoms with E-state index in [2.05, 4.69) is 5.10 Å². The molecular weight excluding hydrogens is 205 g/mol. The van der Waals surface area contributed by atoms with E-state index >= 15 is 0 Å². The molecule has 0 spiro atoms. The molecule has 5 heteroatoms. The number of nitrogen functional groups attached to an aromatic ring is 1. The van der Waals surface area contributed by atoms with Crippen LogP contribution in [-0.2, 0) is 0 Å². The molecule has 0 atom stereocenters. The third-order valence-electron chi connectivity index (χ3n) is 1.77. The molecule has 72 valence electrons. The van der Waals surface area contributed by atoms with E-state index in [0.717, 1.165) is 0 Å². The third-order valence-corrected chi connectivity index (χ3v) is 2.09. The van der Waals surface area contributed by atoms with Crippen molar-refractivity contribution < 1.29 is 4.39 Å². The van der Waals surface area contributed by atoms with Crippen molar-refractivity contribution in [2.75, 3.05) is 5.73 Å². The summed E-state index contributed by atoms with van der Waals surface area (Å²) in [6.07, 6.45) is 1.48. The Kier molecular flexibility index (Phi) is 2.13. The van der Waals surface area contributed by atoms with Crippen LogP contribution in [0.2, 0.25) is 5.02 Å². The molecule has 0 saturated carbocycles. The second kappa shape index (κ2) is 3.31. The first-order valence-corrected chi connectivity index (χ1v) is 4.31. The van der Waals surface area contributed by atoms with Crippen molar-refractivity contribution in [3.05, 3.63) is 41.4 Å². The van der Waals surface area contributed by atoms with Crippen LogP contribution < -0.4 is 5.73 Å². The summed E-state index contributed by atoms with van der Waals surface area (Å²) in [7, 11) is 0. The van der Waals surface area contributed by atoms with Crippen molar-refractivity contribution in [1.29, 1.82) is 0 Å². The first kappa shape index (κ1) is 9.02. The van der Waals surface area contributed by atoms with Crippen LogP contribution in [0.25, 0.3) is 5.69 Å². The Hall–Kier alpha value is -1.55. The van der Waals surface area contributed by atoms with Crippen molar-refractivity contribution in [3.8, 4) is 5.69 Å². The molecule has 3 nitrogen and oxygen atoms in total. The van der Waals surface area contributed by atoms with E-state index in [1.807, 2.05) is 0 Å². The normalized spacial score (nSPS) is 10.4. The number of hydrogen-bond acceptors (Lipinski definition) is 2. The van der Waals surface area contributed by atoms with Crippen molar-refractivity contribution in [2.45, 2.75) is 0 Å². The van der Waals surface area contributed by atoms with Gasteiger partial charge in [0.2, 0.25) is 5.95 Å². The Morgan fingerprint density at radius 1 is 1.36 bits per heavy atom. The summed E-state index contributed by atoms with van der Waals surface area (Å²) in [6, 6.07) is 6.20. The van der Waals surface area contributed by atoms with Gasteiger partial charge in [0.15, 0.2) is 0 Å². The summed E-state index contributed by atoms with van der Waals surface area (Å²) >= 11 is 5.90. The van der Waals surface area contributed by atoms with Gasteiger partial charge >= 0.3 is 0 Å². The molecule has 0 aliphatic carbocycles. The van der Waals surface area contributed by atoms with E-state index in [1.165, 1.54) is 16.9 Å². The average Bonchev–Trinajstić information content (AvgIpc) is 2.56. The number of nitrogens with zero attached hydrogens (tertiary/aromatic N) is 2. The monoisotopic (exact) mass is 211 g/mol. The van der Waals surface area contributed by atoms with Gasteiger partial charge in [0.1, 0.15) is 0 Å². The van der Waals surface area contributed by atoms with Crippen LogP contribution in [0.3, 0.4) is 0 Å². The average molecular weight is 212 g/mol. The SMILES string of the molecule is Nc1ccc(Cl)c(-n2ccc(F)n2)c1. The number of nitrogens with two attached hydrogens (primary N) is 1. The van der Waals surface area contributed by atoms with Crippen molar-refractivity contribution in [1.82, 2.24) is 9.78 Å². The van der Waals surface area contributed by atoms with E-state index < -0.39 is 5.95 Å². The lowest BCUT2D eigenvalue weighted by Gasteiger charge is -2.04. The van der Waals surface area contributed by atoms with Crippen LogP contribution in [0.5, 0.6) is 0 Å². The minimum absolute atomic E-state index is 0.474. The molecule has 2 N–H and O–H groups in total. The molecule has 2 aromatic rings. The van der Waals surface area contributed by atoms with Crippen molar-refractivity contribution in [2.24, 2.45) is 0 Å².